The van der Waals surface area contributed by atoms with Gasteiger partial charge in [0.25, 0.3) is 0 Å². The van der Waals surface area contributed by atoms with Crippen molar-refractivity contribution in [1.29, 1.82) is 0 Å². The summed E-state index contributed by atoms with van der Waals surface area (Å²) in [5.74, 6) is 0. The predicted molar refractivity (Wildman–Crippen MR) is 88.1 cm³/mol. The van der Waals surface area contributed by atoms with E-state index in [1.165, 1.54) is 4.88 Å². The van der Waals surface area contributed by atoms with Crippen LogP contribution in [0.4, 0.5) is 0 Å². The molecule has 5 heteroatoms. The van der Waals surface area contributed by atoms with Crippen LogP contribution in [0.25, 0.3) is 0 Å². The molecule has 0 aliphatic heterocycles. The quantitative estimate of drug-likeness (QED) is 0.803. The molecule has 1 atom stereocenters. The first kappa shape index (κ1) is 15.8. The van der Waals surface area contributed by atoms with Crippen molar-refractivity contribution in [3.05, 3.63) is 50.4 Å². The van der Waals surface area contributed by atoms with E-state index < -0.39 is 0 Å². The largest absolute Gasteiger partial charge is 0.313 e. The molecule has 1 heterocycles. The summed E-state index contributed by atoms with van der Waals surface area (Å²) < 4.78 is 0. The van der Waals surface area contributed by atoms with Gasteiger partial charge in [-0.2, -0.15) is 0 Å². The summed E-state index contributed by atoms with van der Waals surface area (Å²) in [7, 11) is 0. The molecule has 1 aromatic carbocycles. The van der Waals surface area contributed by atoms with Crippen LogP contribution in [0.2, 0.25) is 10.0 Å². The van der Waals surface area contributed by atoms with E-state index in [0.29, 0.717) is 6.04 Å². The fraction of sp³-hybridized carbons (Fsp3) is 0.400. The van der Waals surface area contributed by atoms with Crippen molar-refractivity contribution in [2.45, 2.75) is 32.2 Å². The van der Waals surface area contributed by atoms with E-state index in [0.717, 1.165) is 41.4 Å². The second-order valence-corrected chi connectivity index (χ2v) is 6.51. The minimum Gasteiger partial charge on any atom is -0.313 e. The van der Waals surface area contributed by atoms with E-state index in [9.17, 15) is 0 Å². The zero-order chi connectivity index (χ0) is 14.4. The average molecular weight is 329 g/mol. The molecule has 1 unspecified atom stereocenters. The van der Waals surface area contributed by atoms with Crippen LogP contribution in [0.3, 0.4) is 0 Å². The number of halogens is 2. The molecule has 0 saturated heterocycles. The summed E-state index contributed by atoms with van der Waals surface area (Å²) in [6.07, 6.45) is 4.82. The first-order valence-corrected chi connectivity index (χ1v) is 8.38. The van der Waals surface area contributed by atoms with E-state index in [1.807, 2.05) is 29.9 Å². The van der Waals surface area contributed by atoms with Gasteiger partial charge in [-0.25, -0.2) is 0 Å². The molecular weight excluding hydrogens is 311 g/mol. The van der Waals surface area contributed by atoms with Crippen LogP contribution in [0.5, 0.6) is 0 Å². The Morgan fingerprint density at radius 3 is 2.60 bits per heavy atom. The Kier molecular flexibility index (Phi) is 6.30. The summed E-state index contributed by atoms with van der Waals surface area (Å²) >= 11 is 14.2. The third-order valence-electron chi connectivity index (χ3n) is 3.13. The lowest BCUT2D eigenvalue weighted by Crippen LogP contribution is -2.33. The molecular formula is C15H18Cl2N2S. The van der Waals surface area contributed by atoms with Crippen molar-refractivity contribution in [2.75, 3.05) is 6.54 Å². The van der Waals surface area contributed by atoms with Crippen molar-refractivity contribution in [2.24, 2.45) is 0 Å². The van der Waals surface area contributed by atoms with Gasteiger partial charge in [-0.3, -0.25) is 4.98 Å². The van der Waals surface area contributed by atoms with Crippen molar-refractivity contribution in [3.63, 3.8) is 0 Å². The molecule has 2 aromatic rings. The molecule has 0 fully saturated rings. The highest BCUT2D eigenvalue weighted by molar-refractivity contribution is 7.09. The van der Waals surface area contributed by atoms with Gasteiger partial charge in [0.15, 0.2) is 0 Å². The van der Waals surface area contributed by atoms with Gasteiger partial charge in [0, 0.05) is 27.2 Å². The Labute approximate surface area is 134 Å². The predicted octanol–water partition coefficient (Wildman–Crippen LogP) is 4.60. The van der Waals surface area contributed by atoms with E-state index in [4.69, 9.17) is 23.2 Å². The number of aromatic nitrogens is 1. The number of nitrogens with one attached hydrogen (secondary N) is 1. The Morgan fingerprint density at radius 1 is 1.25 bits per heavy atom. The van der Waals surface area contributed by atoms with Crippen molar-refractivity contribution in [3.8, 4) is 0 Å². The van der Waals surface area contributed by atoms with Gasteiger partial charge in [-0.1, -0.05) is 36.2 Å². The second-order valence-electron chi connectivity index (χ2n) is 4.73. The van der Waals surface area contributed by atoms with E-state index >= 15 is 0 Å². The second kappa shape index (κ2) is 7.99. The third-order valence-corrected chi connectivity index (χ3v) is 4.64. The number of benzene rings is 1. The fourth-order valence-corrected chi connectivity index (χ4v) is 3.35. The molecule has 2 rings (SSSR count). The van der Waals surface area contributed by atoms with Gasteiger partial charge in [-0.15, -0.1) is 11.3 Å². The van der Waals surface area contributed by atoms with Crippen LogP contribution in [-0.2, 0) is 12.8 Å². The van der Waals surface area contributed by atoms with Gasteiger partial charge >= 0.3 is 0 Å². The standard InChI is InChI=1S/C15H18Cl2N2S/c1-2-6-19-11(7-12-9-18-10-20-12)8-13-14(16)4-3-5-15(13)17/h3-5,9-11,19H,2,6-8H2,1H3. The Bertz CT molecular complexity index is 508. The average Bonchev–Trinajstić information content (AvgIpc) is 2.93. The van der Waals surface area contributed by atoms with Gasteiger partial charge in [0.1, 0.15) is 0 Å². The molecule has 0 radical (unpaired) electrons. The minimum absolute atomic E-state index is 0.327. The molecule has 0 saturated carbocycles. The third kappa shape index (κ3) is 4.45. The monoisotopic (exact) mass is 328 g/mol. The van der Waals surface area contributed by atoms with Gasteiger partial charge in [0.2, 0.25) is 0 Å². The highest BCUT2D eigenvalue weighted by Crippen LogP contribution is 2.26. The van der Waals surface area contributed by atoms with Crippen molar-refractivity contribution < 1.29 is 0 Å². The Hall–Kier alpha value is -0.610. The molecule has 0 aliphatic rings. The highest BCUT2D eigenvalue weighted by atomic mass is 35.5. The molecule has 0 amide bonds. The molecule has 2 nitrogen and oxygen atoms in total. The first-order chi connectivity index (χ1) is 9.70. The zero-order valence-electron chi connectivity index (χ0n) is 11.4. The number of nitrogens with zero attached hydrogens (tertiary/aromatic N) is 1. The number of hydrogen-bond donors (Lipinski definition) is 1. The lowest BCUT2D eigenvalue weighted by atomic mass is 10.0. The lowest BCUT2D eigenvalue weighted by molar-refractivity contribution is 0.507. The van der Waals surface area contributed by atoms with Crippen LogP contribution in [0.1, 0.15) is 23.8 Å². The van der Waals surface area contributed by atoms with E-state index in [2.05, 4.69) is 17.2 Å². The van der Waals surface area contributed by atoms with E-state index in [1.54, 1.807) is 11.3 Å². The van der Waals surface area contributed by atoms with Crippen LogP contribution >= 0.6 is 34.5 Å². The summed E-state index contributed by atoms with van der Waals surface area (Å²) in [5, 5.41) is 5.05. The molecule has 1 N–H and O–H groups in total. The molecule has 0 spiro atoms. The maximum absolute atomic E-state index is 6.27. The Morgan fingerprint density at radius 2 is 2.00 bits per heavy atom. The topological polar surface area (TPSA) is 24.9 Å². The summed E-state index contributed by atoms with van der Waals surface area (Å²) in [5.41, 5.74) is 2.89. The minimum atomic E-state index is 0.327. The maximum Gasteiger partial charge on any atom is 0.0794 e. The Balaban J connectivity index is 2.10. The molecule has 0 aliphatic carbocycles. The molecule has 1 aromatic heterocycles. The van der Waals surface area contributed by atoms with Crippen LogP contribution in [-0.4, -0.2) is 17.6 Å². The van der Waals surface area contributed by atoms with Gasteiger partial charge in [-0.05, 0) is 43.5 Å². The molecule has 0 bridgehead atoms. The van der Waals surface area contributed by atoms with E-state index in [-0.39, 0.29) is 0 Å². The number of hydrogen-bond acceptors (Lipinski definition) is 3. The van der Waals surface area contributed by atoms with Crippen LogP contribution < -0.4 is 5.32 Å². The number of rotatable bonds is 7. The maximum atomic E-state index is 6.27. The summed E-state index contributed by atoms with van der Waals surface area (Å²) in [6, 6.07) is 6.00. The number of thiazole rings is 1. The lowest BCUT2D eigenvalue weighted by Gasteiger charge is -2.19. The van der Waals surface area contributed by atoms with Crippen LogP contribution in [0.15, 0.2) is 29.9 Å². The highest BCUT2D eigenvalue weighted by Gasteiger charge is 2.15. The van der Waals surface area contributed by atoms with Crippen molar-refractivity contribution in [1.82, 2.24) is 10.3 Å². The summed E-state index contributed by atoms with van der Waals surface area (Å²) in [6.45, 7) is 3.16. The smallest absolute Gasteiger partial charge is 0.0794 e. The first-order valence-electron chi connectivity index (χ1n) is 6.74. The van der Waals surface area contributed by atoms with Gasteiger partial charge in [0.05, 0.1) is 5.51 Å². The molecule has 20 heavy (non-hydrogen) atoms. The van der Waals surface area contributed by atoms with Crippen LogP contribution in [0, 0.1) is 0 Å². The fourth-order valence-electron chi connectivity index (χ4n) is 2.12. The molecule has 108 valence electrons. The summed E-state index contributed by atoms with van der Waals surface area (Å²) in [4.78, 5) is 5.42. The SMILES string of the molecule is CCCNC(Cc1cncs1)Cc1c(Cl)cccc1Cl. The normalized spacial score (nSPS) is 12.6. The zero-order valence-corrected chi connectivity index (χ0v) is 13.7. The van der Waals surface area contributed by atoms with Gasteiger partial charge < -0.3 is 5.32 Å². The van der Waals surface area contributed by atoms with Crippen molar-refractivity contribution >= 4 is 34.5 Å².